The second-order valence-corrected chi connectivity index (χ2v) is 7.10. The van der Waals surface area contributed by atoms with Gasteiger partial charge in [-0.15, -0.1) is 11.3 Å². The Hall–Kier alpha value is -2.54. The van der Waals surface area contributed by atoms with E-state index in [1.54, 1.807) is 5.38 Å². The van der Waals surface area contributed by atoms with Crippen molar-refractivity contribution < 1.29 is 19.1 Å². The molecule has 1 aliphatic rings. The van der Waals surface area contributed by atoms with E-state index in [0.29, 0.717) is 16.4 Å². The van der Waals surface area contributed by atoms with Gasteiger partial charge < -0.3 is 10.1 Å². The summed E-state index contributed by atoms with van der Waals surface area (Å²) in [5.74, 6) is -0.681. The summed E-state index contributed by atoms with van der Waals surface area (Å²) in [6.45, 7) is 1.43. The van der Waals surface area contributed by atoms with E-state index >= 15 is 0 Å². The molecule has 0 saturated carbocycles. The Kier molecular flexibility index (Phi) is 5.78. The van der Waals surface area contributed by atoms with Gasteiger partial charge >= 0.3 is 5.97 Å². The van der Waals surface area contributed by atoms with Crippen LogP contribution in [0.3, 0.4) is 0 Å². The van der Waals surface area contributed by atoms with Crippen LogP contribution < -0.4 is 5.32 Å². The molecule has 0 atom stereocenters. The third kappa shape index (κ3) is 4.76. The zero-order chi connectivity index (χ0) is 18.5. The summed E-state index contributed by atoms with van der Waals surface area (Å²) in [4.78, 5) is 39.2. The van der Waals surface area contributed by atoms with Gasteiger partial charge in [-0.1, -0.05) is 12.1 Å². The Bertz CT molecular complexity index is 844. The fraction of sp³-hybridized carbons (Fsp3) is 0.368. The van der Waals surface area contributed by atoms with Crippen molar-refractivity contribution in [2.75, 3.05) is 5.32 Å². The molecule has 6 nitrogen and oxygen atoms in total. The van der Waals surface area contributed by atoms with Crippen LogP contribution in [0.25, 0.3) is 0 Å². The van der Waals surface area contributed by atoms with Crippen LogP contribution in [0.15, 0.2) is 23.6 Å². The number of benzene rings is 1. The van der Waals surface area contributed by atoms with Crippen LogP contribution >= 0.6 is 11.3 Å². The van der Waals surface area contributed by atoms with Crippen molar-refractivity contribution in [3.63, 3.8) is 0 Å². The number of aromatic nitrogens is 1. The standard InChI is InChI=1S/C19H20N2O4S/c1-12(22)20-19-21-16(11-26-19)10-25-18(24)8-7-17(23)15-6-5-13-3-2-4-14(13)9-15/h5-6,9,11H,2-4,7-8,10H2,1H3,(H,20,21,22). The number of thiazole rings is 1. The van der Waals surface area contributed by atoms with Gasteiger partial charge in [0, 0.05) is 24.3 Å². The second kappa shape index (κ2) is 8.23. The molecule has 2 aromatic rings. The van der Waals surface area contributed by atoms with Gasteiger partial charge in [0.05, 0.1) is 12.1 Å². The molecule has 7 heteroatoms. The van der Waals surface area contributed by atoms with Crippen LogP contribution in [0, 0.1) is 0 Å². The van der Waals surface area contributed by atoms with Crippen LogP contribution in [0.4, 0.5) is 5.13 Å². The minimum absolute atomic E-state index is 0.0297. The molecule has 1 heterocycles. The molecule has 0 saturated heterocycles. The molecule has 1 aromatic heterocycles. The molecule has 0 aliphatic heterocycles. The normalized spacial score (nSPS) is 12.5. The Morgan fingerprint density at radius 3 is 2.81 bits per heavy atom. The van der Waals surface area contributed by atoms with Crippen molar-refractivity contribution in [2.24, 2.45) is 0 Å². The average Bonchev–Trinajstić information content (AvgIpc) is 3.25. The van der Waals surface area contributed by atoms with Crippen LogP contribution in [-0.4, -0.2) is 22.6 Å². The smallest absolute Gasteiger partial charge is 0.306 e. The van der Waals surface area contributed by atoms with E-state index in [1.807, 2.05) is 18.2 Å². The average molecular weight is 372 g/mol. The zero-order valence-corrected chi connectivity index (χ0v) is 15.4. The number of carbonyl (C=O) groups excluding carboxylic acids is 3. The molecule has 1 aromatic carbocycles. The van der Waals surface area contributed by atoms with E-state index in [4.69, 9.17) is 4.74 Å². The number of esters is 1. The number of rotatable bonds is 7. The number of nitrogens with one attached hydrogen (secondary N) is 1. The van der Waals surface area contributed by atoms with Crippen LogP contribution in [0.1, 0.15) is 53.4 Å². The molecule has 0 unspecified atom stereocenters. The summed E-state index contributed by atoms with van der Waals surface area (Å²) in [5, 5.41) is 4.76. The molecule has 26 heavy (non-hydrogen) atoms. The first-order chi connectivity index (χ1) is 12.5. The summed E-state index contributed by atoms with van der Waals surface area (Å²) < 4.78 is 5.15. The highest BCUT2D eigenvalue weighted by molar-refractivity contribution is 7.13. The predicted molar refractivity (Wildman–Crippen MR) is 98.2 cm³/mol. The molecule has 0 bridgehead atoms. The minimum Gasteiger partial charge on any atom is -0.459 e. The first-order valence-electron chi connectivity index (χ1n) is 8.54. The van der Waals surface area contributed by atoms with E-state index in [2.05, 4.69) is 10.3 Å². The van der Waals surface area contributed by atoms with Crippen molar-refractivity contribution in [3.05, 3.63) is 46.0 Å². The molecular weight excluding hydrogens is 352 g/mol. The van der Waals surface area contributed by atoms with Gasteiger partial charge in [0.15, 0.2) is 10.9 Å². The molecule has 0 spiro atoms. The fourth-order valence-corrected chi connectivity index (χ4v) is 3.65. The first kappa shape index (κ1) is 18.3. The third-order valence-corrected chi connectivity index (χ3v) is 5.00. The summed E-state index contributed by atoms with van der Waals surface area (Å²) >= 11 is 1.27. The number of fused-ring (bicyclic) bond motifs is 1. The van der Waals surface area contributed by atoms with Gasteiger partial charge in [-0.05, 0) is 36.5 Å². The molecule has 1 N–H and O–H groups in total. The highest BCUT2D eigenvalue weighted by Crippen LogP contribution is 2.23. The minimum atomic E-state index is -0.436. The van der Waals surface area contributed by atoms with Gasteiger partial charge in [0.25, 0.3) is 0 Å². The summed E-state index contributed by atoms with van der Waals surface area (Å²) in [5.41, 5.74) is 3.80. The van der Waals surface area contributed by atoms with Crippen molar-refractivity contribution >= 4 is 34.1 Å². The Morgan fingerprint density at radius 1 is 1.19 bits per heavy atom. The van der Waals surface area contributed by atoms with Gasteiger partial charge in [-0.2, -0.15) is 0 Å². The fourth-order valence-electron chi connectivity index (χ4n) is 2.91. The highest BCUT2D eigenvalue weighted by Gasteiger charge is 2.15. The topological polar surface area (TPSA) is 85.4 Å². The van der Waals surface area contributed by atoms with Gasteiger partial charge in [0.1, 0.15) is 6.61 Å². The lowest BCUT2D eigenvalue weighted by molar-refractivity contribution is -0.145. The quantitative estimate of drug-likeness (QED) is 0.595. The van der Waals surface area contributed by atoms with Gasteiger partial charge in [-0.25, -0.2) is 4.98 Å². The van der Waals surface area contributed by atoms with E-state index in [9.17, 15) is 14.4 Å². The largest absolute Gasteiger partial charge is 0.459 e. The van der Waals surface area contributed by atoms with Gasteiger partial charge in [0.2, 0.25) is 5.91 Å². The predicted octanol–water partition coefficient (Wildman–Crippen LogP) is 3.30. The number of hydrogen-bond donors (Lipinski definition) is 1. The number of ether oxygens (including phenoxy) is 1. The highest BCUT2D eigenvalue weighted by atomic mass is 32.1. The number of anilines is 1. The molecule has 1 amide bonds. The lowest BCUT2D eigenvalue weighted by atomic mass is 10.0. The number of aryl methyl sites for hydroxylation is 2. The lowest BCUT2D eigenvalue weighted by Gasteiger charge is -2.05. The van der Waals surface area contributed by atoms with E-state index in [0.717, 1.165) is 19.3 Å². The molecule has 3 rings (SSSR count). The van der Waals surface area contributed by atoms with Crippen molar-refractivity contribution in [3.8, 4) is 0 Å². The number of amides is 1. The van der Waals surface area contributed by atoms with E-state index in [-0.39, 0.29) is 31.1 Å². The molecule has 1 aliphatic carbocycles. The first-order valence-corrected chi connectivity index (χ1v) is 9.42. The summed E-state index contributed by atoms with van der Waals surface area (Å²) in [6, 6.07) is 5.81. The third-order valence-electron chi connectivity index (χ3n) is 4.19. The molecule has 0 radical (unpaired) electrons. The summed E-state index contributed by atoms with van der Waals surface area (Å²) in [6.07, 6.45) is 3.41. The number of Topliss-reactive ketones (excluding diaryl/α,β-unsaturated/α-hetero) is 1. The number of ketones is 1. The second-order valence-electron chi connectivity index (χ2n) is 6.25. The number of hydrogen-bond acceptors (Lipinski definition) is 6. The maximum Gasteiger partial charge on any atom is 0.306 e. The molecule has 0 fully saturated rings. The maximum atomic E-state index is 12.3. The van der Waals surface area contributed by atoms with Crippen molar-refractivity contribution in [1.82, 2.24) is 4.98 Å². The van der Waals surface area contributed by atoms with Crippen molar-refractivity contribution in [1.29, 1.82) is 0 Å². The molecular formula is C19H20N2O4S. The van der Waals surface area contributed by atoms with Crippen LogP contribution in [0.2, 0.25) is 0 Å². The summed E-state index contributed by atoms with van der Waals surface area (Å²) in [7, 11) is 0. The monoisotopic (exact) mass is 372 g/mol. The van der Waals surface area contributed by atoms with E-state index in [1.165, 1.54) is 29.4 Å². The number of nitrogens with zero attached hydrogens (tertiary/aromatic N) is 1. The van der Waals surface area contributed by atoms with Crippen LogP contribution in [0.5, 0.6) is 0 Å². The Morgan fingerprint density at radius 2 is 2.00 bits per heavy atom. The van der Waals surface area contributed by atoms with Gasteiger partial charge in [-0.3, -0.25) is 14.4 Å². The molecule has 136 valence electrons. The number of carbonyl (C=O) groups is 3. The SMILES string of the molecule is CC(=O)Nc1nc(COC(=O)CCC(=O)c2ccc3c(c2)CCC3)cs1. The van der Waals surface area contributed by atoms with Crippen LogP contribution in [-0.2, 0) is 33.8 Å². The lowest BCUT2D eigenvalue weighted by Crippen LogP contribution is -2.09. The maximum absolute atomic E-state index is 12.3. The zero-order valence-electron chi connectivity index (χ0n) is 14.5. The Balaban J connectivity index is 1.44. The Labute approximate surface area is 155 Å². The van der Waals surface area contributed by atoms with Crippen molar-refractivity contribution in [2.45, 2.75) is 45.6 Å². The van der Waals surface area contributed by atoms with E-state index < -0.39 is 5.97 Å².